The Hall–Kier alpha value is -1.37. The fraction of sp³-hybridized carbons (Fsp3) is 0.583. The average Bonchev–Trinajstić information content (AvgIpc) is 3.29. The van der Waals surface area contributed by atoms with Crippen molar-refractivity contribution in [2.24, 2.45) is 11.8 Å². The van der Waals surface area contributed by atoms with Crippen molar-refractivity contribution in [1.29, 1.82) is 0 Å². The first kappa shape index (κ1) is 23.3. The Morgan fingerprint density at radius 1 is 1.17 bits per heavy atom. The van der Waals surface area contributed by atoms with Gasteiger partial charge in [0.15, 0.2) is 0 Å². The highest BCUT2D eigenvalue weighted by Crippen LogP contribution is 2.38. The summed E-state index contributed by atoms with van der Waals surface area (Å²) in [6.07, 6.45) is 11.4. The van der Waals surface area contributed by atoms with Crippen LogP contribution in [0, 0.1) is 11.8 Å². The second-order valence-electron chi connectivity index (χ2n) is 8.06. The van der Waals surface area contributed by atoms with Crippen LogP contribution in [0.5, 0.6) is 5.75 Å². The van der Waals surface area contributed by atoms with E-state index in [1.54, 1.807) is 12.1 Å². The van der Waals surface area contributed by atoms with E-state index >= 15 is 0 Å². The molecule has 4 atom stereocenters. The number of unbranched alkanes of at least 4 members (excludes halogenated alkanes) is 1. The van der Waals surface area contributed by atoms with Crippen LogP contribution in [0.25, 0.3) is 0 Å². The topological polar surface area (TPSA) is 68.2 Å². The van der Waals surface area contributed by atoms with E-state index in [-0.39, 0.29) is 18.4 Å². The van der Waals surface area contributed by atoms with E-state index in [9.17, 15) is 10.2 Å². The molecule has 1 aliphatic heterocycles. The summed E-state index contributed by atoms with van der Waals surface area (Å²) in [4.78, 5) is 0. The molecule has 1 aromatic carbocycles. The second-order valence-corrected chi connectivity index (χ2v) is 8.50. The first-order chi connectivity index (χ1) is 14.5. The van der Waals surface area contributed by atoms with Gasteiger partial charge in [0.2, 0.25) is 5.79 Å². The molecule has 0 amide bonds. The molecule has 1 saturated heterocycles. The molecule has 3 rings (SSSR count). The summed E-state index contributed by atoms with van der Waals surface area (Å²) in [5, 5.41) is 21.6. The molecule has 0 aromatic heterocycles. The van der Waals surface area contributed by atoms with Gasteiger partial charge in [0, 0.05) is 17.4 Å². The summed E-state index contributed by atoms with van der Waals surface area (Å²) < 4.78 is 17.6. The zero-order valence-corrected chi connectivity index (χ0v) is 18.3. The molecule has 0 unspecified atom stereocenters. The molecule has 6 heteroatoms. The number of aliphatic hydroxyl groups is 2. The lowest BCUT2D eigenvalue weighted by molar-refractivity contribution is -0.139. The fourth-order valence-electron chi connectivity index (χ4n) is 4.16. The molecule has 1 heterocycles. The van der Waals surface area contributed by atoms with Crippen LogP contribution in [0.2, 0.25) is 5.02 Å². The zero-order valence-electron chi connectivity index (χ0n) is 17.6. The number of hydrogen-bond donors (Lipinski definition) is 2. The minimum absolute atomic E-state index is 0.00910. The van der Waals surface area contributed by atoms with Gasteiger partial charge in [-0.3, -0.25) is 0 Å². The highest BCUT2D eigenvalue weighted by atomic mass is 35.5. The van der Waals surface area contributed by atoms with Gasteiger partial charge in [-0.15, -0.1) is 0 Å². The van der Waals surface area contributed by atoms with Crippen molar-refractivity contribution in [2.45, 2.75) is 57.0 Å². The average molecular weight is 437 g/mol. The highest BCUT2D eigenvalue weighted by molar-refractivity contribution is 6.30. The van der Waals surface area contributed by atoms with Crippen molar-refractivity contribution in [2.75, 3.05) is 19.8 Å². The third-order valence-corrected chi connectivity index (χ3v) is 6.02. The van der Waals surface area contributed by atoms with Crippen LogP contribution in [-0.2, 0) is 9.47 Å². The molecule has 0 spiro atoms. The summed E-state index contributed by atoms with van der Waals surface area (Å²) in [5.41, 5.74) is 0. The fourth-order valence-corrected chi connectivity index (χ4v) is 4.34. The Kier molecular flexibility index (Phi) is 8.78. The first-order valence-corrected chi connectivity index (χ1v) is 11.3. The molecule has 2 N–H and O–H groups in total. The van der Waals surface area contributed by atoms with Crippen LogP contribution in [0.1, 0.15) is 39.0 Å². The number of ether oxygens (including phenoxy) is 3. The molecule has 0 radical (unpaired) electrons. The molecule has 2 fully saturated rings. The number of allylic oxidation sites excluding steroid dienone is 2. The molecule has 5 nitrogen and oxygen atoms in total. The van der Waals surface area contributed by atoms with Gasteiger partial charge >= 0.3 is 0 Å². The van der Waals surface area contributed by atoms with Crippen LogP contribution in [0.15, 0.2) is 48.6 Å². The zero-order chi connectivity index (χ0) is 21.4. The molecular formula is C24H33ClO5. The van der Waals surface area contributed by atoms with Crippen molar-refractivity contribution >= 4 is 11.6 Å². The van der Waals surface area contributed by atoms with E-state index < -0.39 is 18.0 Å². The van der Waals surface area contributed by atoms with Gasteiger partial charge in [-0.1, -0.05) is 49.2 Å². The number of aliphatic hydroxyl groups excluding tert-OH is 2. The smallest absolute Gasteiger partial charge is 0.223 e. The number of benzene rings is 1. The standard InChI is InChI=1S/C24H33ClO5/c1-2-3-4-5-6-10-20-21(23(27)16-22(20)26)11-12-24(29-13-14-30-24)17-28-19-9-7-8-18(25)15-19/h4-5,7-9,11-12,15,20-23,26-27H,2-3,6,10,13-14,16-17H2,1H3/b5-4-,12-11+/t20-,21-,22+,23-/m1/s1. The molecule has 2 aliphatic rings. The summed E-state index contributed by atoms with van der Waals surface area (Å²) >= 11 is 6.02. The van der Waals surface area contributed by atoms with E-state index in [0.717, 1.165) is 25.7 Å². The van der Waals surface area contributed by atoms with Gasteiger partial charge in [-0.05, 0) is 49.5 Å². The van der Waals surface area contributed by atoms with Gasteiger partial charge in [0.1, 0.15) is 12.4 Å². The van der Waals surface area contributed by atoms with E-state index in [2.05, 4.69) is 19.1 Å². The van der Waals surface area contributed by atoms with Crippen LogP contribution in [0.3, 0.4) is 0 Å². The highest BCUT2D eigenvalue weighted by Gasteiger charge is 2.41. The Morgan fingerprint density at radius 2 is 1.93 bits per heavy atom. The summed E-state index contributed by atoms with van der Waals surface area (Å²) in [7, 11) is 0. The van der Waals surface area contributed by atoms with Gasteiger partial charge in [0.05, 0.1) is 25.4 Å². The van der Waals surface area contributed by atoms with Crippen LogP contribution < -0.4 is 4.74 Å². The molecular weight excluding hydrogens is 404 g/mol. The van der Waals surface area contributed by atoms with Crippen molar-refractivity contribution in [3.8, 4) is 5.75 Å². The number of halogens is 1. The van der Waals surface area contributed by atoms with Crippen molar-refractivity contribution < 1.29 is 24.4 Å². The molecule has 1 aromatic rings. The molecule has 166 valence electrons. The summed E-state index contributed by atoms with van der Waals surface area (Å²) in [6, 6.07) is 7.19. The van der Waals surface area contributed by atoms with Crippen LogP contribution >= 0.6 is 11.6 Å². The Morgan fingerprint density at radius 3 is 2.67 bits per heavy atom. The van der Waals surface area contributed by atoms with E-state index in [1.807, 2.05) is 24.3 Å². The summed E-state index contributed by atoms with van der Waals surface area (Å²) in [6.45, 7) is 3.29. The van der Waals surface area contributed by atoms with E-state index in [1.165, 1.54) is 0 Å². The number of hydrogen-bond acceptors (Lipinski definition) is 5. The van der Waals surface area contributed by atoms with Gasteiger partial charge < -0.3 is 24.4 Å². The lowest BCUT2D eigenvalue weighted by Gasteiger charge is -2.26. The SMILES string of the molecule is CCC/C=C\CC[C@@H]1[C@@H](/C=C/C2(COc3cccc(Cl)c3)OCCO2)[C@H](O)C[C@@H]1O. The Balaban J connectivity index is 1.64. The third kappa shape index (κ3) is 6.32. The maximum atomic E-state index is 10.5. The van der Waals surface area contributed by atoms with Crippen LogP contribution in [0.4, 0.5) is 0 Å². The molecule has 30 heavy (non-hydrogen) atoms. The normalized spacial score (nSPS) is 28.7. The monoisotopic (exact) mass is 436 g/mol. The Labute approximate surface area is 184 Å². The van der Waals surface area contributed by atoms with Gasteiger partial charge in [-0.2, -0.15) is 0 Å². The Bertz CT molecular complexity index is 713. The number of rotatable bonds is 10. The van der Waals surface area contributed by atoms with Crippen molar-refractivity contribution in [3.05, 3.63) is 53.6 Å². The van der Waals surface area contributed by atoms with E-state index in [4.69, 9.17) is 25.8 Å². The second kappa shape index (κ2) is 11.3. The third-order valence-electron chi connectivity index (χ3n) is 5.79. The molecule has 0 bridgehead atoms. The molecule has 1 saturated carbocycles. The van der Waals surface area contributed by atoms with Crippen molar-refractivity contribution in [1.82, 2.24) is 0 Å². The summed E-state index contributed by atoms with van der Waals surface area (Å²) in [5.74, 6) is -0.492. The van der Waals surface area contributed by atoms with Crippen LogP contribution in [-0.4, -0.2) is 48.0 Å². The predicted molar refractivity (Wildman–Crippen MR) is 118 cm³/mol. The van der Waals surface area contributed by atoms with Gasteiger partial charge in [-0.25, -0.2) is 0 Å². The largest absolute Gasteiger partial charge is 0.488 e. The predicted octanol–water partition coefficient (Wildman–Crippen LogP) is 4.51. The lowest BCUT2D eigenvalue weighted by Crippen LogP contribution is -2.35. The van der Waals surface area contributed by atoms with Crippen molar-refractivity contribution in [3.63, 3.8) is 0 Å². The maximum Gasteiger partial charge on any atom is 0.223 e. The molecule has 1 aliphatic carbocycles. The minimum atomic E-state index is -0.999. The first-order valence-electron chi connectivity index (χ1n) is 10.9. The maximum absolute atomic E-state index is 10.5. The lowest BCUT2D eigenvalue weighted by atomic mass is 9.88. The quantitative estimate of drug-likeness (QED) is 0.528. The van der Waals surface area contributed by atoms with Gasteiger partial charge in [0.25, 0.3) is 0 Å². The van der Waals surface area contributed by atoms with E-state index in [0.29, 0.717) is 30.4 Å². The minimum Gasteiger partial charge on any atom is -0.488 e.